The van der Waals surface area contributed by atoms with Crippen LogP contribution in [0.1, 0.15) is 74.2 Å². The van der Waals surface area contributed by atoms with Gasteiger partial charge >= 0.3 is 0 Å². The van der Waals surface area contributed by atoms with E-state index in [2.05, 4.69) is 24.1 Å². The number of pyridine rings is 1. The molecule has 1 aliphatic carbocycles. The number of rotatable bonds is 6. The minimum atomic E-state index is -3.13. The largest absolute Gasteiger partial charge is 0.494 e. The number of fused-ring (bicyclic) bond motifs is 1. The summed E-state index contributed by atoms with van der Waals surface area (Å²) in [5.74, 6) is -1.75. The Balaban J connectivity index is 1.62. The SMILES string of the molecule is COc1c(NC(=O)c2cccc(C(C)(F)F)n2)cc2cn(C3CCC(C(C)C)CC3)nc2c1C. The van der Waals surface area contributed by atoms with Gasteiger partial charge in [-0.15, -0.1) is 0 Å². The van der Waals surface area contributed by atoms with Crippen LogP contribution in [0, 0.1) is 18.8 Å². The van der Waals surface area contributed by atoms with Crippen molar-refractivity contribution in [1.82, 2.24) is 14.8 Å². The first-order chi connectivity index (χ1) is 16.1. The number of alkyl halides is 2. The van der Waals surface area contributed by atoms with E-state index in [1.807, 2.05) is 23.9 Å². The van der Waals surface area contributed by atoms with Crippen molar-refractivity contribution in [3.05, 3.63) is 47.4 Å². The predicted molar refractivity (Wildman–Crippen MR) is 129 cm³/mol. The lowest BCUT2D eigenvalue weighted by molar-refractivity contribution is 0.0126. The Morgan fingerprint density at radius 3 is 2.56 bits per heavy atom. The van der Waals surface area contributed by atoms with E-state index < -0.39 is 17.5 Å². The average Bonchev–Trinajstić information content (AvgIpc) is 3.23. The summed E-state index contributed by atoms with van der Waals surface area (Å²) in [5, 5.41) is 8.54. The Morgan fingerprint density at radius 1 is 1.24 bits per heavy atom. The van der Waals surface area contributed by atoms with Crippen LogP contribution in [0.25, 0.3) is 10.9 Å². The number of amides is 1. The summed E-state index contributed by atoms with van der Waals surface area (Å²) in [5.41, 5.74) is 1.55. The zero-order valence-corrected chi connectivity index (χ0v) is 20.4. The van der Waals surface area contributed by atoms with Crippen LogP contribution in [0.5, 0.6) is 5.75 Å². The molecule has 1 aliphatic rings. The first kappa shape index (κ1) is 24.1. The molecule has 2 heterocycles. The fraction of sp³-hybridized carbons (Fsp3) is 0.500. The number of aryl methyl sites for hydroxylation is 1. The van der Waals surface area contributed by atoms with E-state index >= 15 is 0 Å². The molecule has 182 valence electrons. The Hall–Kier alpha value is -3.03. The number of carbonyl (C=O) groups is 1. The molecule has 0 spiro atoms. The molecule has 1 aromatic carbocycles. The van der Waals surface area contributed by atoms with Crippen LogP contribution in [0.15, 0.2) is 30.5 Å². The molecule has 1 N–H and O–H groups in total. The lowest BCUT2D eigenvalue weighted by atomic mass is 9.80. The van der Waals surface area contributed by atoms with Crippen LogP contribution in [-0.2, 0) is 5.92 Å². The molecule has 0 unspecified atom stereocenters. The summed E-state index contributed by atoms with van der Waals surface area (Å²) in [7, 11) is 1.53. The van der Waals surface area contributed by atoms with Crippen molar-refractivity contribution in [2.24, 2.45) is 11.8 Å². The Kier molecular flexibility index (Phi) is 6.60. The highest BCUT2D eigenvalue weighted by molar-refractivity contribution is 6.05. The zero-order chi connectivity index (χ0) is 24.6. The zero-order valence-electron chi connectivity index (χ0n) is 20.4. The number of methoxy groups -OCH3 is 1. The smallest absolute Gasteiger partial charge is 0.287 e. The monoisotopic (exact) mass is 470 g/mol. The summed E-state index contributed by atoms with van der Waals surface area (Å²) < 4.78 is 35.0. The Morgan fingerprint density at radius 2 is 1.94 bits per heavy atom. The van der Waals surface area contributed by atoms with Crippen molar-refractivity contribution >= 4 is 22.5 Å². The van der Waals surface area contributed by atoms with E-state index in [1.54, 1.807) is 0 Å². The number of hydrogen-bond acceptors (Lipinski definition) is 4. The number of aromatic nitrogens is 3. The van der Waals surface area contributed by atoms with Gasteiger partial charge in [-0.05, 0) is 62.6 Å². The third kappa shape index (κ3) is 4.76. The average molecular weight is 471 g/mol. The van der Waals surface area contributed by atoms with E-state index in [0.29, 0.717) is 23.4 Å². The summed E-state index contributed by atoms with van der Waals surface area (Å²) >= 11 is 0. The van der Waals surface area contributed by atoms with Crippen molar-refractivity contribution in [3.8, 4) is 5.75 Å². The van der Waals surface area contributed by atoms with Gasteiger partial charge in [-0.3, -0.25) is 9.48 Å². The van der Waals surface area contributed by atoms with Gasteiger partial charge in [-0.25, -0.2) is 4.98 Å². The molecule has 0 atom stereocenters. The van der Waals surface area contributed by atoms with Gasteiger partial charge in [0.2, 0.25) is 0 Å². The van der Waals surface area contributed by atoms with Crippen molar-refractivity contribution in [1.29, 1.82) is 0 Å². The second-order valence-electron chi connectivity index (χ2n) is 9.69. The van der Waals surface area contributed by atoms with Crippen molar-refractivity contribution in [3.63, 3.8) is 0 Å². The first-order valence-electron chi connectivity index (χ1n) is 11.8. The van der Waals surface area contributed by atoms with Crippen LogP contribution >= 0.6 is 0 Å². The molecule has 6 nitrogen and oxygen atoms in total. The number of carbonyl (C=O) groups excluding carboxylic acids is 1. The van der Waals surface area contributed by atoms with Crippen LogP contribution in [-0.4, -0.2) is 27.8 Å². The minimum absolute atomic E-state index is 0.0866. The molecule has 8 heteroatoms. The highest BCUT2D eigenvalue weighted by atomic mass is 19.3. The van der Waals surface area contributed by atoms with Crippen LogP contribution < -0.4 is 10.1 Å². The second kappa shape index (κ2) is 9.31. The van der Waals surface area contributed by atoms with Crippen molar-refractivity contribution < 1.29 is 18.3 Å². The summed E-state index contributed by atoms with van der Waals surface area (Å²) in [4.78, 5) is 16.7. The molecular formula is C26H32F2N4O2. The molecule has 1 amide bonds. The molecule has 0 radical (unpaired) electrons. The van der Waals surface area contributed by atoms with Gasteiger partial charge in [0.1, 0.15) is 17.1 Å². The van der Waals surface area contributed by atoms with Gasteiger partial charge < -0.3 is 10.1 Å². The molecule has 2 aromatic heterocycles. The van der Waals surface area contributed by atoms with Crippen LogP contribution in [0.2, 0.25) is 0 Å². The Labute approximate surface area is 198 Å². The van der Waals surface area contributed by atoms with Crippen molar-refractivity contribution in [2.75, 3.05) is 12.4 Å². The number of nitrogens with zero attached hydrogens (tertiary/aromatic N) is 3. The molecule has 4 rings (SSSR count). The Bertz CT molecular complexity index is 1190. The van der Waals surface area contributed by atoms with E-state index in [0.717, 1.165) is 42.1 Å². The molecule has 34 heavy (non-hydrogen) atoms. The summed E-state index contributed by atoms with van der Waals surface area (Å²) in [6, 6.07) is 6.19. The number of halogens is 2. The highest BCUT2D eigenvalue weighted by Crippen LogP contribution is 2.39. The maximum Gasteiger partial charge on any atom is 0.287 e. The lowest BCUT2D eigenvalue weighted by Crippen LogP contribution is -2.21. The minimum Gasteiger partial charge on any atom is -0.494 e. The molecule has 1 fully saturated rings. The van der Waals surface area contributed by atoms with Crippen LogP contribution in [0.3, 0.4) is 0 Å². The molecule has 3 aromatic rings. The quantitative estimate of drug-likeness (QED) is 0.446. The van der Waals surface area contributed by atoms with Gasteiger partial charge in [-0.2, -0.15) is 13.9 Å². The highest BCUT2D eigenvalue weighted by Gasteiger charge is 2.28. The predicted octanol–water partition coefficient (Wildman–Crippen LogP) is 6.50. The van der Waals surface area contributed by atoms with Gasteiger partial charge in [-0.1, -0.05) is 19.9 Å². The number of anilines is 1. The maximum absolute atomic E-state index is 13.7. The van der Waals surface area contributed by atoms with Gasteiger partial charge in [0, 0.05) is 24.1 Å². The number of benzene rings is 1. The fourth-order valence-electron chi connectivity index (χ4n) is 4.90. The molecule has 0 aliphatic heterocycles. The van der Waals surface area contributed by atoms with Gasteiger partial charge in [0.15, 0.2) is 0 Å². The second-order valence-corrected chi connectivity index (χ2v) is 9.69. The van der Waals surface area contributed by atoms with Gasteiger partial charge in [0.25, 0.3) is 11.8 Å². The van der Waals surface area contributed by atoms with Crippen molar-refractivity contribution in [2.45, 2.75) is 65.3 Å². The molecule has 1 saturated carbocycles. The standard InChI is InChI=1S/C26H32F2N4O2/c1-15(2)17-9-11-19(12-10-17)32-14-18-13-21(24(34-5)16(3)23(18)31-32)30-25(33)20-7-6-8-22(29-20)26(4,27)28/h6-8,13-15,17,19H,9-12H2,1-5H3,(H,30,33). The van der Waals surface area contributed by atoms with Gasteiger partial charge in [0.05, 0.1) is 24.4 Å². The summed E-state index contributed by atoms with van der Waals surface area (Å²) in [6.45, 7) is 7.24. The first-order valence-corrected chi connectivity index (χ1v) is 11.8. The number of hydrogen-bond donors (Lipinski definition) is 1. The molecule has 0 saturated heterocycles. The van der Waals surface area contributed by atoms with E-state index in [4.69, 9.17) is 9.84 Å². The maximum atomic E-state index is 13.7. The number of nitrogens with one attached hydrogen (secondary N) is 1. The normalized spacial score (nSPS) is 18.9. The molecular weight excluding hydrogens is 438 g/mol. The van der Waals surface area contributed by atoms with E-state index in [1.165, 1.54) is 38.2 Å². The third-order valence-electron chi connectivity index (χ3n) is 6.94. The van der Waals surface area contributed by atoms with E-state index in [9.17, 15) is 13.6 Å². The topological polar surface area (TPSA) is 69.0 Å². The fourth-order valence-corrected chi connectivity index (χ4v) is 4.90. The molecule has 0 bridgehead atoms. The number of ether oxygens (including phenoxy) is 1. The van der Waals surface area contributed by atoms with E-state index in [-0.39, 0.29) is 5.69 Å². The third-order valence-corrected chi connectivity index (χ3v) is 6.94. The van der Waals surface area contributed by atoms with Crippen LogP contribution in [0.4, 0.5) is 14.5 Å². The summed E-state index contributed by atoms with van der Waals surface area (Å²) in [6.07, 6.45) is 6.62. The lowest BCUT2D eigenvalue weighted by Gasteiger charge is -2.30.